The first-order valence-electron chi connectivity index (χ1n) is 26.5. The van der Waals surface area contributed by atoms with Crippen molar-refractivity contribution < 1.29 is 42.5 Å². The van der Waals surface area contributed by atoms with Crippen LogP contribution in [0.5, 0.6) is 5.75 Å². The summed E-state index contributed by atoms with van der Waals surface area (Å²) < 4.78 is 41.8. The minimum atomic E-state index is -0.808. The second-order valence-electron chi connectivity index (χ2n) is 22.3. The predicted molar refractivity (Wildman–Crippen MR) is 285 cm³/mol. The van der Waals surface area contributed by atoms with Gasteiger partial charge in [-0.1, -0.05) is 40.7 Å². The van der Waals surface area contributed by atoms with Crippen LogP contribution in [-0.2, 0) is 30.2 Å². The number of aromatic amines is 2. The topological polar surface area (TPSA) is 211 Å². The highest BCUT2D eigenvalue weighted by atomic mass is 32.1. The number of alkyl carbamates (subject to hydrolysis) is 2. The average Bonchev–Trinajstić information content (AvgIpc) is 4.26. The van der Waals surface area contributed by atoms with Crippen LogP contribution < -0.4 is 15.4 Å². The number of nitrogens with one attached hydrogen (secondary N) is 4. The van der Waals surface area contributed by atoms with Crippen LogP contribution in [-0.4, -0.2) is 114 Å². The third-order valence-electron chi connectivity index (χ3n) is 15.8. The van der Waals surface area contributed by atoms with E-state index in [1.165, 1.54) is 20.3 Å². The van der Waals surface area contributed by atoms with E-state index in [2.05, 4.69) is 54.4 Å². The van der Waals surface area contributed by atoms with E-state index in [4.69, 9.17) is 33.9 Å². The molecule has 0 spiro atoms. The molecule has 404 valence electrons. The summed E-state index contributed by atoms with van der Waals surface area (Å²) in [6.07, 6.45) is 7.42. The van der Waals surface area contributed by atoms with Crippen LogP contribution in [0, 0.1) is 29.5 Å². The Balaban J connectivity index is 0.969. The summed E-state index contributed by atoms with van der Waals surface area (Å²) in [5, 5.41) is 7.42. The predicted octanol–water partition coefficient (Wildman–Crippen LogP) is 10.1. The van der Waals surface area contributed by atoms with Crippen LogP contribution in [0.3, 0.4) is 0 Å². The summed E-state index contributed by atoms with van der Waals surface area (Å²) in [6.45, 7) is 17.2. The zero-order valence-electron chi connectivity index (χ0n) is 44.9. The standard InChI is InChI=1S/C56H69FN10O8S/c1-28(2)18-45-58-27-44(76-45)53-67-39-14-13-32(37-25-60-50(61-37)42-19-30(5)31(6)66(42)52(69)48(64-55(71)73-10)33-15-17-74-56(7,8)24-33)20-35(39)22-41(67)46-36(57)21-34(23-43(46)75-53)38-26-59-49(62-38)40-12-11-16-65(40)51(68)47(29(3)4)63-54(70)72-9/h13-14,20-23,25-31,33,40,42,47-48,53H,11-12,15-19,24H2,1-10H3,(H,59,62)(H,60,61)(H,63,70)(H,64,71)/t30-,31?,33?,40+,42+,47+,48?,53?/m1/s1. The number of nitrogens with zero attached hydrogens (tertiary/aromatic N) is 6. The van der Waals surface area contributed by atoms with Gasteiger partial charge in [0.05, 0.1) is 82.3 Å². The van der Waals surface area contributed by atoms with Gasteiger partial charge in [0.25, 0.3) is 0 Å². The van der Waals surface area contributed by atoms with E-state index in [0.717, 1.165) is 44.9 Å². The number of fused-ring (bicyclic) bond motifs is 5. The van der Waals surface area contributed by atoms with Crippen LogP contribution >= 0.6 is 11.3 Å². The van der Waals surface area contributed by atoms with Crippen LogP contribution in [0.25, 0.3) is 44.7 Å². The lowest BCUT2D eigenvalue weighted by molar-refractivity contribution is -0.141. The molecule has 4 N–H and O–H groups in total. The Labute approximate surface area is 445 Å². The largest absolute Gasteiger partial charge is 0.464 e. The Morgan fingerprint density at radius 1 is 0.882 bits per heavy atom. The van der Waals surface area contributed by atoms with Crippen LogP contribution in [0.4, 0.5) is 14.0 Å². The number of carbonyl (C=O) groups is 4. The molecule has 4 amide bonds. The molecule has 0 bridgehead atoms. The Morgan fingerprint density at radius 3 is 2.29 bits per heavy atom. The number of methoxy groups -OCH3 is 2. The number of benzene rings is 2. The molecule has 18 nitrogen and oxygen atoms in total. The van der Waals surface area contributed by atoms with E-state index in [-0.39, 0.29) is 47.7 Å². The van der Waals surface area contributed by atoms with Crippen LogP contribution in [0.2, 0.25) is 0 Å². The molecule has 8 heterocycles. The molecule has 4 aromatic heterocycles. The minimum Gasteiger partial charge on any atom is -0.464 e. The van der Waals surface area contributed by atoms with Crippen molar-refractivity contribution in [2.75, 3.05) is 27.4 Å². The maximum absolute atomic E-state index is 17.1. The summed E-state index contributed by atoms with van der Waals surface area (Å²) in [7, 11) is 2.57. The Hall–Kier alpha value is -6.80. The Bertz CT molecular complexity index is 3160. The van der Waals surface area contributed by atoms with E-state index in [1.54, 1.807) is 28.6 Å². The molecule has 0 radical (unpaired) electrons. The number of halogens is 1. The molecule has 4 aliphatic heterocycles. The third kappa shape index (κ3) is 10.0. The summed E-state index contributed by atoms with van der Waals surface area (Å²) in [4.78, 5) is 79.5. The monoisotopic (exact) mass is 1060 g/mol. The lowest BCUT2D eigenvalue weighted by Crippen LogP contribution is -2.56. The van der Waals surface area contributed by atoms with Gasteiger partial charge >= 0.3 is 12.2 Å². The summed E-state index contributed by atoms with van der Waals surface area (Å²) in [5.41, 5.74) is 4.03. The summed E-state index contributed by atoms with van der Waals surface area (Å²) in [5.74, 6) is 0.907. The van der Waals surface area contributed by atoms with Gasteiger partial charge in [-0.25, -0.2) is 28.9 Å². The molecule has 0 aliphatic carbocycles. The molecule has 76 heavy (non-hydrogen) atoms. The lowest BCUT2D eigenvalue weighted by Gasteiger charge is -2.41. The molecule has 4 aliphatic rings. The first kappa shape index (κ1) is 52.6. The number of aromatic nitrogens is 6. The first-order valence-corrected chi connectivity index (χ1v) is 27.3. The molecular weight excluding hydrogens is 992 g/mol. The molecule has 0 saturated carbocycles. The van der Waals surface area contributed by atoms with Crippen molar-refractivity contribution in [3.63, 3.8) is 0 Å². The van der Waals surface area contributed by atoms with Crippen molar-refractivity contribution in [1.29, 1.82) is 0 Å². The molecule has 6 aromatic rings. The number of likely N-dealkylation sites (tertiary alicyclic amines) is 2. The second kappa shape index (κ2) is 21.0. The second-order valence-corrected chi connectivity index (χ2v) is 23.5. The number of hydrogen-bond acceptors (Lipinski definition) is 12. The number of H-pyrrole nitrogens is 2. The number of ether oxygens (including phenoxy) is 4. The van der Waals surface area contributed by atoms with Gasteiger partial charge in [-0.05, 0) is 107 Å². The fourth-order valence-electron chi connectivity index (χ4n) is 11.8. The summed E-state index contributed by atoms with van der Waals surface area (Å²) >= 11 is 1.58. The number of hydrogen-bond donors (Lipinski definition) is 4. The highest BCUT2D eigenvalue weighted by molar-refractivity contribution is 7.11. The normalized spacial score (nSPS) is 22.8. The Kier molecular flexibility index (Phi) is 14.5. The van der Waals surface area contributed by atoms with Gasteiger partial charge in [0, 0.05) is 48.3 Å². The molecular formula is C56H69FN10O8S. The van der Waals surface area contributed by atoms with Crippen molar-refractivity contribution in [2.45, 2.75) is 136 Å². The van der Waals surface area contributed by atoms with Crippen LogP contribution in [0.15, 0.2) is 55.0 Å². The maximum Gasteiger partial charge on any atom is 0.407 e. The molecule has 20 heteroatoms. The van der Waals surface area contributed by atoms with Crippen molar-refractivity contribution in [3.05, 3.63) is 82.3 Å². The molecule has 10 rings (SSSR count). The molecule has 3 saturated heterocycles. The number of thiazole rings is 1. The quantitative estimate of drug-likeness (QED) is 0.0855. The third-order valence-corrected chi connectivity index (χ3v) is 16.8. The number of amides is 4. The van der Waals surface area contributed by atoms with E-state index in [1.807, 2.05) is 67.6 Å². The fourth-order valence-corrected chi connectivity index (χ4v) is 12.9. The maximum atomic E-state index is 17.1. The van der Waals surface area contributed by atoms with Crippen LogP contribution in [0.1, 0.15) is 127 Å². The molecule has 2 aromatic carbocycles. The Morgan fingerprint density at radius 2 is 1.59 bits per heavy atom. The van der Waals surface area contributed by atoms with E-state index < -0.39 is 41.9 Å². The number of rotatable bonds is 13. The van der Waals surface area contributed by atoms with Gasteiger partial charge in [0.15, 0.2) is 0 Å². The summed E-state index contributed by atoms with van der Waals surface area (Å²) in [6, 6.07) is 8.94. The van der Waals surface area contributed by atoms with Crippen molar-refractivity contribution >= 4 is 46.2 Å². The van der Waals surface area contributed by atoms with Gasteiger partial charge in [-0.2, -0.15) is 0 Å². The van der Waals surface area contributed by atoms with E-state index in [9.17, 15) is 19.2 Å². The SMILES string of the molecule is COC(=O)NC(C(=O)N1C(C)[C@H](C)C[C@H]1c1ncc(-c2ccc3c(c2)cc2n3C(c3cnc(CC(C)C)s3)Oc3cc(-c4cnc([C@@H]5CCCN5C(=O)[C@@H](NC(=O)OC)C(C)C)[nH]4)cc(F)c3-2)[nH]1)C1CCOC(C)(C)C1. The van der Waals surface area contributed by atoms with Crippen molar-refractivity contribution in [2.24, 2.45) is 23.7 Å². The van der Waals surface area contributed by atoms with E-state index in [0.29, 0.717) is 84.7 Å². The van der Waals surface area contributed by atoms with Crippen molar-refractivity contribution in [1.82, 2.24) is 49.9 Å². The number of imidazole rings is 2. The zero-order valence-corrected chi connectivity index (χ0v) is 45.7. The molecule has 4 unspecified atom stereocenters. The van der Waals surface area contributed by atoms with Gasteiger partial charge < -0.3 is 49.3 Å². The minimum absolute atomic E-state index is 0.127. The molecule has 3 fully saturated rings. The smallest absolute Gasteiger partial charge is 0.407 e. The number of carbonyl (C=O) groups excluding carboxylic acids is 4. The first-order chi connectivity index (χ1) is 36.3. The van der Waals surface area contributed by atoms with Gasteiger partial charge in [-0.15, -0.1) is 11.3 Å². The highest BCUT2D eigenvalue weighted by Crippen LogP contribution is 2.49. The average molecular weight is 1060 g/mol. The zero-order chi connectivity index (χ0) is 53.9. The van der Waals surface area contributed by atoms with E-state index >= 15 is 4.39 Å². The van der Waals surface area contributed by atoms with Gasteiger partial charge in [-0.3, -0.25) is 14.2 Å². The van der Waals surface area contributed by atoms with Gasteiger partial charge in [0.2, 0.25) is 18.0 Å². The molecule has 8 atom stereocenters. The lowest BCUT2D eigenvalue weighted by atomic mass is 9.82. The van der Waals surface area contributed by atoms with Gasteiger partial charge in [0.1, 0.15) is 35.3 Å². The van der Waals surface area contributed by atoms with Crippen molar-refractivity contribution in [3.8, 4) is 39.5 Å². The highest BCUT2D eigenvalue weighted by Gasteiger charge is 2.47. The fraction of sp³-hybridized carbons (Fsp3) is 0.518.